The number of nitrogens with one attached hydrogen (secondary N) is 1. The van der Waals surface area contributed by atoms with Crippen LogP contribution in [0.4, 0.5) is 5.95 Å². The van der Waals surface area contributed by atoms with Crippen LogP contribution in [-0.2, 0) is 6.42 Å². The van der Waals surface area contributed by atoms with Crippen LogP contribution in [0, 0.1) is 11.8 Å². The monoisotopic (exact) mass is 287 g/mol. The molecule has 21 heavy (non-hydrogen) atoms. The van der Waals surface area contributed by atoms with Gasteiger partial charge < -0.3 is 5.73 Å². The standard InChI is InChI=1S/C15H21N5O/c1-9-2-4-10(5-3-9)6-7-11-8-17-13-12(18-11)14(21)20-15(16)19-13/h8-10H,2-7H2,1H3,(H3,16,17,19,20,21). The van der Waals surface area contributed by atoms with Gasteiger partial charge in [-0.3, -0.25) is 9.78 Å². The highest BCUT2D eigenvalue weighted by Gasteiger charge is 2.18. The number of H-pyrrole nitrogens is 1. The van der Waals surface area contributed by atoms with Gasteiger partial charge in [0.05, 0.1) is 11.9 Å². The summed E-state index contributed by atoms with van der Waals surface area (Å²) in [4.78, 5) is 26.9. The quantitative estimate of drug-likeness (QED) is 0.900. The molecule has 0 amide bonds. The first-order chi connectivity index (χ1) is 10.1. The normalized spacial score (nSPS) is 22.5. The van der Waals surface area contributed by atoms with Crippen LogP contribution in [-0.4, -0.2) is 19.9 Å². The second kappa shape index (κ2) is 5.79. The maximum Gasteiger partial charge on any atom is 0.280 e. The summed E-state index contributed by atoms with van der Waals surface area (Å²) in [7, 11) is 0. The van der Waals surface area contributed by atoms with Gasteiger partial charge in [-0.15, -0.1) is 0 Å². The molecule has 0 aromatic carbocycles. The third-order valence-electron chi connectivity index (χ3n) is 4.43. The number of fused-ring (bicyclic) bond motifs is 1. The number of nitrogen functional groups attached to an aromatic ring is 1. The van der Waals surface area contributed by atoms with Gasteiger partial charge in [-0.25, -0.2) is 9.97 Å². The Morgan fingerprint density at radius 2 is 2.05 bits per heavy atom. The first-order valence-corrected chi connectivity index (χ1v) is 7.63. The Morgan fingerprint density at radius 3 is 2.81 bits per heavy atom. The van der Waals surface area contributed by atoms with Crippen molar-refractivity contribution in [3.8, 4) is 0 Å². The molecule has 6 heteroatoms. The van der Waals surface area contributed by atoms with E-state index in [1.54, 1.807) is 6.20 Å². The van der Waals surface area contributed by atoms with Crippen molar-refractivity contribution >= 4 is 17.1 Å². The smallest absolute Gasteiger partial charge is 0.280 e. The van der Waals surface area contributed by atoms with Crippen molar-refractivity contribution in [3.05, 3.63) is 22.2 Å². The van der Waals surface area contributed by atoms with E-state index in [4.69, 9.17) is 5.73 Å². The van der Waals surface area contributed by atoms with Crippen LogP contribution >= 0.6 is 0 Å². The van der Waals surface area contributed by atoms with E-state index in [9.17, 15) is 4.79 Å². The zero-order chi connectivity index (χ0) is 14.8. The molecular formula is C15H21N5O. The topological polar surface area (TPSA) is 97.5 Å². The lowest BCUT2D eigenvalue weighted by atomic mass is 9.81. The lowest BCUT2D eigenvalue weighted by Gasteiger charge is -2.25. The summed E-state index contributed by atoms with van der Waals surface area (Å²) < 4.78 is 0. The van der Waals surface area contributed by atoms with Crippen LogP contribution in [0.2, 0.25) is 0 Å². The predicted molar refractivity (Wildman–Crippen MR) is 81.8 cm³/mol. The molecule has 0 saturated heterocycles. The fourth-order valence-corrected chi connectivity index (χ4v) is 3.06. The minimum absolute atomic E-state index is 0.0749. The summed E-state index contributed by atoms with van der Waals surface area (Å²) in [6.45, 7) is 2.33. The van der Waals surface area contributed by atoms with E-state index in [2.05, 4.69) is 26.9 Å². The van der Waals surface area contributed by atoms with Gasteiger partial charge in [-0.05, 0) is 24.7 Å². The summed E-state index contributed by atoms with van der Waals surface area (Å²) in [5, 5.41) is 0. The molecule has 1 aliphatic rings. The molecule has 6 nitrogen and oxygen atoms in total. The molecule has 3 rings (SSSR count). The minimum atomic E-state index is -0.321. The van der Waals surface area contributed by atoms with Crippen molar-refractivity contribution in [2.24, 2.45) is 11.8 Å². The molecule has 0 atom stereocenters. The van der Waals surface area contributed by atoms with Crippen molar-refractivity contribution in [2.45, 2.75) is 45.4 Å². The Balaban J connectivity index is 1.71. The molecule has 0 bridgehead atoms. The van der Waals surface area contributed by atoms with Gasteiger partial charge in [0.15, 0.2) is 11.2 Å². The zero-order valence-electron chi connectivity index (χ0n) is 12.3. The first-order valence-electron chi connectivity index (χ1n) is 7.63. The fourth-order valence-electron chi connectivity index (χ4n) is 3.06. The number of hydrogen-bond donors (Lipinski definition) is 2. The number of aromatic nitrogens is 4. The van der Waals surface area contributed by atoms with Crippen LogP contribution in [0.15, 0.2) is 11.0 Å². The van der Waals surface area contributed by atoms with Crippen LogP contribution in [0.25, 0.3) is 11.2 Å². The Kier molecular flexibility index (Phi) is 3.86. The molecule has 112 valence electrons. The maximum absolute atomic E-state index is 11.8. The first kappa shape index (κ1) is 14.0. The van der Waals surface area contributed by atoms with Crippen molar-refractivity contribution in [1.29, 1.82) is 0 Å². The number of anilines is 1. The average Bonchev–Trinajstić information content (AvgIpc) is 2.47. The third-order valence-corrected chi connectivity index (χ3v) is 4.43. The van der Waals surface area contributed by atoms with Gasteiger partial charge in [0.1, 0.15) is 0 Å². The van der Waals surface area contributed by atoms with E-state index < -0.39 is 0 Å². The molecule has 0 unspecified atom stereocenters. The molecule has 1 aliphatic carbocycles. The van der Waals surface area contributed by atoms with Crippen molar-refractivity contribution < 1.29 is 0 Å². The SMILES string of the molecule is CC1CCC(CCc2cnc3nc(N)[nH]c(=O)c3n2)CC1. The molecular weight excluding hydrogens is 266 g/mol. The average molecular weight is 287 g/mol. The van der Waals surface area contributed by atoms with E-state index in [0.29, 0.717) is 5.65 Å². The molecule has 2 aromatic rings. The third kappa shape index (κ3) is 3.20. The van der Waals surface area contributed by atoms with Crippen LogP contribution in [0.3, 0.4) is 0 Å². The Hall–Kier alpha value is -1.98. The molecule has 1 saturated carbocycles. The molecule has 0 spiro atoms. The summed E-state index contributed by atoms with van der Waals surface area (Å²) in [6.07, 6.45) is 8.97. The molecule has 2 aromatic heterocycles. The number of aromatic amines is 1. The molecule has 0 aliphatic heterocycles. The van der Waals surface area contributed by atoms with Crippen molar-refractivity contribution in [2.75, 3.05) is 5.73 Å². The molecule has 1 fully saturated rings. The van der Waals surface area contributed by atoms with Gasteiger partial charge in [-0.2, -0.15) is 4.98 Å². The number of aryl methyl sites for hydroxylation is 1. The summed E-state index contributed by atoms with van der Waals surface area (Å²) in [6, 6.07) is 0. The second-order valence-electron chi connectivity index (χ2n) is 6.15. The number of nitrogens with two attached hydrogens (primary N) is 1. The minimum Gasteiger partial charge on any atom is -0.369 e. The van der Waals surface area contributed by atoms with Crippen molar-refractivity contribution in [3.63, 3.8) is 0 Å². The van der Waals surface area contributed by atoms with E-state index >= 15 is 0 Å². The zero-order valence-corrected chi connectivity index (χ0v) is 12.3. The van der Waals surface area contributed by atoms with Crippen LogP contribution in [0.1, 0.15) is 44.7 Å². The molecule has 0 radical (unpaired) electrons. The molecule has 3 N–H and O–H groups in total. The summed E-state index contributed by atoms with van der Waals surface area (Å²) in [5.41, 5.74) is 6.62. The Labute approximate surface area is 123 Å². The fraction of sp³-hybridized carbons (Fsp3) is 0.600. The van der Waals surface area contributed by atoms with Gasteiger partial charge in [0.2, 0.25) is 5.95 Å². The van der Waals surface area contributed by atoms with E-state index in [-0.39, 0.29) is 17.0 Å². The molecule has 2 heterocycles. The maximum atomic E-state index is 11.8. The van der Waals surface area contributed by atoms with Gasteiger partial charge >= 0.3 is 0 Å². The highest BCUT2D eigenvalue weighted by Crippen LogP contribution is 2.30. The van der Waals surface area contributed by atoms with E-state index in [1.807, 2.05) is 0 Å². The van der Waals surface area contributed by atoms with Gasteiger partial charge in [0, 0.05) is 0 Å². The lowest BCUT2D eigenvalue weighted by molar-refractivity contribution is 0.277. The number of rotatable bonds is 3. The van der Waals surface area contributed by atoms with E-state index in [0.717, 1.165) is 30.4 Å². The highest BCUT2D eigenvalue weighted by atomic mass is 16.1. The Bertz CT molecular complexity index is 688. The van der Waals surface area contributed by atoms with Gasteiger partial charge in [0.25, 0.3) is 5.56 Å². The summed E-state index contributed by atoms with van der Waals surface area (Å²) >= 11 is 0. The number of hydrogen-bond acceptors (Lipinski definition) is 5. The lowest BCUT2D eigenvalue weighted by Crippen LogP contribution is -2.15. The van der Waals surface area contributed by atoms with Crippen LogP contribution < -0.4 is 11.3 Å². The predicted octanol–water partition coefficient (Wildman–Crippen LogP) is 2.05. The Morgan fingerprint density at radius 1 is 1.29 bits per heavy atom. The second-order valence-corrected chi connectivity index (χ2v) is 6.15. The number of nitrogens with zero attached hydrogens (tertiary/aromatic N) is 3. The highest BCUT2D eigenvalue weighted by molar-refractivity contribution is 5.69. The summed E-state index contributed by atoms with van der Waals surface area (Å²) in [5.74, 6) is 1.73. The van der Waals surface area contributed by atoms with Gasteiger partial charge in [-0.1, -0.05) is 32.6 Å². The largest absolute Gasteiger partial charge is 0.369 e. The van der Waals surface area contributed by atoms with Crippen molar-refractivity contribution in [1.82, 2.24) is 19.9 Å². The van der Waals surface area contributed by atoms with Crippen LogP contribution in [0.5, 0.6) is 0 Å². The van der Waals surface area contributed by atoms with E-state index in [1.165, 1.54) is 25.7 Å².